The molecule has 0 saturated heterocycles. The number of ether oxygens (including phenoxy) is 3. The molecule has 9 heteroatoms. The van der Waals surface area contributed by atoms with Crippen molar-refractivity contribution in [1.82, 2.24) is 9.78 Å². The van der Waals surface area contributed by atoms with Gasteiger partial charge >= 0.3 is 5.97 Å². The Bertz CT molecular complexity index is 911. The minimum Gasteiger partial charge on any atom is -0.466 e. The number of esters is 1. The van der Waals surface area contributed by atoms with Gasteiger partial charge in [-0.15, -0.1) is 0 Å². The molecule has 1 heterocycles. The second-order valence-corrected chi connectivity index (χ2v) is 14.3. The summed E-state index contributed by atoms with van der Waals surface area (Å²) in [7, 11) is -1.19. The molecule has 30 heavy (non-hydrogen) atoms. The molecule has 0 atom stereocenters. The standard InChI is InChI=1S/C21H31ClN2O5Si/c1-5-29-20(25)7-9-27-8-6-16-12-17(22)13-18-19(16)14-23-24(21(18)26)15-28-10-11-30(2,3)4/h12-14H,5-11,15H2,1-4H3. The number of hydrogen-bond acceptors (Lipinski definition) is 6. The number of nitrogens with zero attached hydrogens (tertiary/aromatic N) is 2. The van der Waals surface area contributed by atoms with Crippen LogP contribution < -0.4 is 5.56 Å². The maximum atomic E-state index is 12.8. The first kappa shape index (κ1) is 24.5. The molecule has 166 valence electrons. The minimum atomic E-state index is -1.19. The molecule has 0 amide bonds. The average molecular weight is 455 g/mol. The molecule has 7 nitrogen and oxygen atoms in total. The first-order valence-corrected chi connectivity index (χ1v) is 14.3. The summed E-state index contributed by atoms with van der Waals surface area (Å²) in [5.41, 5.74) is 0.650. The zero-order valence-corrected chi connectivity index (χ0v) is 20.0. The molecule has 0 radical (unpaired) electrons. The lowest BCUT2D eigenvalue weighted by Crippen LogP contribution is -2.26. The second kappa shape index (κ2) is 11.6. The van der Waals surface area contributed by atoms with Crippen molar-refractivity contribution in [2.24, 2.45) is 0 Å². The van der Waals surface area contributed by atoms with Crippen molar-refractivity contribution in [2.75, 3.05) is 26.4 Å². The van der Waals surface area contributed by atoms with Crippen LogP contribution in [0.3, 0.4) is 0 Å². The number of hydrogen-bond donors (Lipinski definition) is 0. The molecule has 2 rings (SSSR count). The van der Waals surface area contributed by atoms with E-state index in [1.165, 1.54) is 4.68 Å². The van der Waals surface area contributed by atoms with Crippen molar-refractivity contribution >= 4 is 36.4 Å². The van der Waals surface area contributed by atoms with Gasteiger partial charge in [-0.05, 0) is 37.1 Å². The van der Waals surface area contributed by atoms with Crippen LogP contribution in [0.1, 0.15) is 18.9 Å². The highest BCUT2D eigenvalue weighted by atomic mass is 35.5. The quantitative estimate of drug-likeness (QED) is 0.275. The molecule has 0 aliphatic heterocycles. The van der Waals surface area contributed by atoms with E-state index in [2.05, 4.69) is 24.7 Å². The summed E-state index contributed by atoms with van der Waals surface area (Å²) in [4.78, 5) is 24.2. The normalized spacial score (nSPS) is 11.8. The summed E-state index contributed by atoms with van der Waals surface area (Å²) in [6, 6.07) is 4.50. The molecule has 0 unspecified atom stereocenters. The molecule has 1 aromatic carbocycles. The van der Waals surface area contributed by atoms with Crippen LogP contribution in [-0.2, 0) is 32.2 Å². The molecule has 0 aliphatic rings. The van der Waals surface area contributed by atoms with E-state index < -0.39 is 8.07 Å². The van der Waals surface area contributed by atoms with Crippen LogP contribution in [0.5, 0.6) is 0 Å². The zero-order chi connectivity index (χ0) is 22.1. The summed E-state index contributed by atoms with van der Waals surface area (Å²) in [5.74, 6) is -0.275. The van der Waals surface area contributed by atoms with Crippen molar-refractivity contribution in [3.8, 4) is 0 Å². The molecule has 0 bridgehead atoms. The van der Waals surface area contributed by atoms with Crippen molar-refractivity contribution in [3.05, 3.63) is 39.3 Å². The Morgan fingerprint density at radius 3 is 2.60 bits per heavy atom. The number of carbonyl (C=O) groups is 1. The first-order valence-electron chi connectivity index (χ1n) is 10.2. The van der Waals surface area contributed by atoms with E-state index in [9.17, 15) is 9.59 Å². The molecule has 0 aliphatic carbocycles. The summed E-state index contributed by atoms with van der Waals surface area (Å²) in [5, 5.41) is 6.00. The highest BCUT2D eigenvalue weighted by Crippen LogP contribution is 2.22. The lowest BCUT2D eigenvalue weighted by atomic mass is 10.1. The maximum absolute atomic E-state index is 12.8. The van der Waals surface area contributed by atoms with E-state index in [0.29, 0.717) is 36.7 Å². The monoisotopic (exact) mass is 454 g/mol. The number of halogens is 1. The number of rotatable bonds is 12. The van der Waals surface area contributed by atoms with Crippen LogP contribution >= 0.6 is 11.6 Å². The fourth-order valence-corrected chi connectivity index (χ4v) is 3.82. The molecule has 1 aromatic heterocycles. The van der Waals surface area contributed by atoms with Gasteiger partial charge in [-0.3, -0.25) is 9.59 Å². The lowest BCUT2D eigenvalue weighted by Gasteiger charge is -2.15. The topological polar surface area (TPSA) is 79.7 Å². The van der Waals surface area contributed by atoms with Crippen LogP contribution in [0, 0.1) is 0 Å². The largest absolute Gasteiger partial charge is 0.466 e. The van der Waals surface area contributed by atoms with Gasteiger partial charge in [0, 0.05) is 25.1 Å². The highest BCUT2D eigenvalue weighted by Gasteiger charge is 2.13. The van der Waals surface area contributed by atoms with Crippen molar-refractivity contribution in [1.29, 1.82) is 0 Å². The third kappa shape index (κ3) is 7.83. The van der Waals surface area contributed by atoms with Crippen LogP contribution in [0.2, 0.25) is 30.7 Å². The molecule has 2 aromatic rings. The molecule has 0 spiro atoms. The predicted octanol–water partition coefficient (Wildman–Crippen LogP) is 3.87. The number of carbonyl (C=O) groups excluding carboxylic acids is 1. The van der Waals surface area contributed by atoms with Gasteiger partial charge in [-0.1, -0.05) is 31.2 Å². The fraction of sp³-hybridized carbons (Fsp3) is 0.571. The van der Waals surface area contributed by atoms with E-state index in [4.69, 9.17) is 25.8 Å². The van der Waals surface area contributed by atoms with Gasteiger partial charge < -0.3 is 14.2 Å². The highest BCUT2D eigenvalue weighted by molar-refractivity contribution is 6.76. The van der Waals surface area contributed by atoms with Gasteiger partial charge in [0.1, 0.15) is 6.73 Å². The van der Waals surface area contributed by atoms with E-state index in [-0.39, 0.29) is 31.3 Å². The average Bonchev–Trinajstić information content (AvgIpc) is 2.66. The Balaban J connectivity index is 2.01. The predicted molar refractivity (Wildman–Crippen MR) is 121 cm³/mol. The van der Waals surface area contributed by atoms with Crippen LogP contribution in [-0.4, -0.2) is 50.3 Å². The maximum Gasteiger partial charge on any atom is 0.308 e. The number of benzene rings is 1. The summed E-state index contributed by atoms with van der Waals surface area (Å²) in [6.45, 7) is 10.4. The third-order valence-corrected chi connectivity index (χ3v) is 6.43. The zero-order valence-electron chi connectivity index (χ0n) is 18.2. The minimum absolute atomic E-state index is 0.123. The van der Waals surface area contributed by atoms with Crippen LogP contribution in [0.15, 0.2) is 23.1 Å². The Hall–Kier alpha value is -1.74. The SMILES string of the molecule is CCOC(=O)CCOCCc1cc(Cl)cc2c(=O)n(COCC[Si](C)(C)C)ncc12. The van der Waals surface area contributed by atoms with E-state index in [1.807, 2.05) is 6.07 Å². The molecule has 0 fully saturated rings. The van der Waals surface area contributed by atoms with Crippen LogP contribution in [0.25, 0.3) is 10.8 Å². The Morgan fingerprint density at radius 2 is 1.90 bits per heavy atom. The Labute approximate surface area is 183 Å². The Kier molecular flexibility index (Phi) is 9.48. The van der Waals surface area contributed by atoms with Gasteiger partial charge in [0.2, 0.25) is 0 Å². The summed E-state index contributed by atoms with van der Waals surface area (Å²) < 4.78 is 17.4. The second-order valence-electron chi connectivity index (χ2n) is 8.24. The number of fused-ring (bicyclic) bond motifs is 1. The van der Waals surface area contributed by atoms with Gasteiger partial charge in [-0.25, -0.2) is 4.68 Å². The smallest absolute Gasteiger partial charge is 0.308 e. The van der Waals surface area contributed by atoms with Crippen molar-refractivity contribution < 1.29 is 19.0 Å². The summed E-state index contributed by atoms with van der Waals surface area (Å²) in [6.07, 6.45) is 2.44. The van der Waals surface area contributed by atoms with E-state index >= 15 is 0 Å². The first-order chi connectivity index (χ1) is 14.2. The van der Waals surface area contributed by atoms with Crippen LogP contribution in [0.4, 0.5) is 0 Å². The van der Waals surface area contributed by atoms with Gasteiger partial charge in [0.25, 0.3) is 5.56 Å². The number of aromatic nitrogens is 2. The molecular weight excluding hydrogens is 424 g/mol. The van der Waals surface area contributed by atoms with E-state index in [1.54, 1.807) is 19.2 Å². The molecular formula is C21H31ClN2O5Si. The molecule has 0 N–H and O–H groups in total. The fourth-order valence-electron chi connectivity index (χ4n) is 2.82. The summed E-state index contributed by atoms with van der Waals surface area (Å²) >= 11 is 6.24. The Morgan fingerprint density at radius 1 is 1.13 bits per heavy atom. The van der Waals surface area contributed by atoms with Crippen molar-refractivity contribution in [3.63, 3.8) is 0 Å². The van der Waals surface area contributed by atoms with Gasteiger partial charge in [-0.2, -0.15) is 5.10 Å². The molecule has 0 saturated carbocycles. The van der Waals surface area contributed by atoms with Gasteiger partial charge in [0.15, 0.2) is 0 Å². The lowest BCUT2D eigenvalue weighted by molar-refractivity contribution is -0.144. The van der Waals surface area contributed by atoms with E-state index in [0.717, 1.165) is 17.0 Å². The van der Waals surface area contributed by atoms with Crippen molar-refractivity contribution in [2.45, 2.75) is 52.2 Å². The van der Waals surface area contributed by atoms with Gasteiger partial charge in [0.05, 0.1) is 37.8 Å². The third-order valence-electron chi connectivity index (χ3n) is 4.50.